The van der Waals surface area contributed by atoms with E-state index in [1.165, 1.54) is 17.7 Å². The summed E-state index contributed by atoms with van der Waals surface area (Å²) < 4.78 is 24.8. The molecule has 27 heavy (non-hydrogen) atoms. The topological polar surface area (TPSA) is 30.5 Å². The average Bonchev–Trinajstić information content (AvgIpc) is 3.10. The van der Waals surface area contributed by atoms with Crippen LogP contribution in [0.1, 0.15) is 11.1 Å². The van der Waals surface area contributed by atoms with Crippen molar-refractivity contribution in [3.63, 3.8) is 0 Å². The minimum atomic E-state index is -0.245. The van der Waals surface area contributed by atoms with Gasteiger partial charge in [-0.1, -0.05) is 42.5 Å². The molecule has 138 valence electrons. The van der Waals surface area contributed by atoms with Gasteiger partial charge in [-0.15, -0.1) is 0 Å². The van der Waals surface area contributed by atoms with Gasteiger partial charge in [-0.3, -0.25) is 0 Å². The first-order valence-corrected chi connectivity index (χ1v) is 9.15. The van der Waals surface area contributed by atoms with Crippen molar-refractivity contribution in [3.8, 4) is 5.75 Å². The maximum Gasteiger partial charge on any atom is 0.127 e. The molecule has 2 aromatic carbocycles. The van der Waals surface area contributed by atoms with Crippen molar-refractivity contribution in [2.75, 3.05) is 6.54 Å². The highest BCUT2D eigenvalue weighted by atomic mass is 19.1. The standard InChI is InChI=1S/C23H22FNO2/c24-20-6-3-4-18(12-20)16-26-21-10-8-17(9-11-21)14-25-15-22-13-19-5-1-2-7-23(19)27-22/h1-13,19,23,25H,14-16H2. The third-order valence-corrected chi connectivity index (χ3v) is 4.64. The van der Waals surface area contributed by atoms with E-state index in [1.807, 2.05) is 36.4 Å². The highest BCUT2D eigenvalue weighted by Crippen LogP contribution is 2.27. The van der Waals surface area contributed by atoms with Crippen LogP contribution in [0.5, 0.6) is 5.75 Å². The summed E-state index contributed by atoms with van der Waals surface area (Å²) in [7, 11) is 0. The lowest BCUT2D eigenvalue weighted by Gasteiger charge is -2.15. The molecular formula is C23H22FNO2. The van der Waals surface area contributed by atoms with Crippen LogP contribution in [-0.2, 0) is 17.9 Å². The number of rotatable bonds is 7. The summed E-state index contributed by atoms with van der Waals surface area (Å²) in [4.78, 5) is 0. The fraction of sp³-hybridized carbons (Fsp3) is 0.217. The zero-order valence-corrected chi connectivity index (χ0v) is 15.0. The number of nitrogens with one attached hydrogen (secondary N) is 1. The fourth-order valence-corrected chi connectivity index (χ4v) is 3.23. The van der Waals surface area contributed by atoms with Crippen LogP contribution in [0, 0.1) is 11.7 Å². The molecule has 1 aliphatic carbocycles. The molecule has 1 aliphatic heterocycles. The molecule has 0 saturated carbocycles. The number of ether oxygens (including phenoxy) is 2. The number of fused-ring (bicyclic) bond motifs is 1. The second-order valence-electron chi connectivity index (χ2n) is 6.73. The maximum absolute atomic E-state index is 13.2. The second kappa shape index (κ2) is 8.23. The molecule has 0 bridgehead atoms. The Labute approximate surface area is 158 Å². The molecule has 0 fully saturated rings. The maximum atomic E-state index is 13.2. The Morgan fingerprint density at radius 1 is 0.963 bits per heavy atom. The molecule has 0 radical (unpaired) electrons. The molecule has 2 atom stereocenters. The van der Waals surface area contributed by atoms with E-state index in [4.69, 9.17) is 9.47 Å². The summed E-state index contributed by atoms with van der Waals surface area (Å²) in [5.74, 6) is 1.88. The van der Waals surface area contributed by atoms with Gasteiger partial charge in [0.2, 0.25) is 0 Å². The molecule has 2 aliphatic rings. The van der Waals surface area contributed by atoms with Gasteiger partial charge < -0.3 is 14.8 Å². The largest absolute Gasteiger partial charge is 0.489 e. The van der Waals surface area contributed by atoms with Gasteiger partial charge in [-0.2, -0.15) is 0 Å². The fourth-order valence-electron chi connectivity index (χ4n) is 3.23. The molecule has 0 spiro atoms. The van der Waals surface area contributed by atoms with Crippen molar-refractivity contribution in [1.29, 1.82) is 0 Å². The van der Waals surface area contributed by atoms with Gasteiger partial charge in [0.25, 0.3) is 0 Å². The van der Waals surface area contributed by atoms with E-state index in [0.717, 1.165) is 23.6 Å². The smallest absolute Gasteiger partial charge is 0.127 e. The number of allylic oxidation sites excluding steroid dienone is 2. The van der Waals surface area contributed by atoms with E-state index in [9.17, 15) is 4.39 Å². The first-order chi connectivity index (χ1) is 13.3. The molecule has 0 aromatic heterocycles. The Bertz CT molecular complexity index is 870. The van der Waals surface area contributed by atoms with Crippen molar-refractivity contribution in [1.82, 2.24) is 5.32 Å². The van der Waals surface area contributed by atoms with Crippen LogP contribution in [0.2, 0.25) is 0 Å². The SMILES string of the molecule is Fc1cccc(COc2ccc(CNCC3=CC4C=CC=CC4O3)cc2)c1. The van der Waals surface area contributed by atoms with Gasteiger partial charge in [0.15, 0.2) is 0 Å². The lowest BCUT2D eigenvalue weighted by Crippen LogP contribution is -2.18. The molecule has 1 N–H and O–H groups in total. The highest BCUT2D eigenvalue weighted by Gasteiger charge is 2.25. The van der Waals surface area contributed by atoms with Crippen LogP contribution in [-0.4, -0.2) is 12.6 Å². The molecular weight excluding hydrogens is 341 g/mol. The quantitative estimate of drug-likeness (QED) is 0.785. The molecule has 0 saturated heterocycles. The zero-order chi connectivity index (χ0) is 18.5. The van der Waals surface area contributed by atoms with Gasteiger partial charge >= 0.3 is 0 Å². The highest BCUT2D eigenvalue weighted by molar-refractivity contribution is 5.28. The van der Waals surface area contributed by atoms with Crippen LogP contribution < -0.4 is 10.1 Å². The van der Waals surface area contributed by atoms with Gasteiger partial charge in [-0.05, 0) is 47.5 Å². The van der Waals surface area contributed by atoms with Crippen LogP contribution in [0.4, 0.5) is 4.39 Å². The van der Waals surface area contributed by atoms with Crippen LogP contribution in [0.25, 0.3) is 0 Å². The first-order valence-electron chi connectivity index (χ1n) is 9.15. The summed E-state index contributed by atoms with van der Waals surface area (Å²) >= 11 is 0. The second-order valence-corrected chi connectivity index (χ2v) is 6.73. The number of benzene rings is 2. The van der Waals surface area contributed by atoms with E-state index in [1.54, 1.807) is 6.07 Å². The minimum Gasteiger partial charge on any atom is -0.489 e. The zero-order valence-electron chi connectivity index (χ0n) is 15.0. The summed E-state index contributed by atoms with van der Waals surface area (Å²) in [6.45, 7) is 1.82. The van der Waals surface area contributed by atoms with Crippen molar-refractivity contribution in [3.05, 3.63) is 102 Å². The predicted molar refractivity (Wildman–Crippen MR) is 104 cm³/mol. The molecule has 4 rings (SSSR count). The Morgan fingerprint density at radius 3 is 2.63 bits per heavy atom. The molecule has 3 nitrogen and oxygen atoms in total. The summed E-state index contributed by atoms with van der Waals surface area (Å²) in [5.41, 5.74) is 1.99. The third-order valence-electron chi connectivity index (χ3n) is 4.64. The van der Waals surface area contributed by atoms with Gasteiger partial charge in [0.05, 0.1) is 6.54 Å². The van der Waals surface area contributed by atoms with E-state index < -0.39 is 0 Å². The van der Waals surface area contributed by atoms with Crippen LogP contribution in [0.15, 0.2) is 84.7 Å². The van der Waals surface area contributed by atoms with Gasteiger partial charge in [-0.25, -0.2) is 4.39 Å². The van der Waals surface area contributed by atoms with Crippen molar-refractivity contribution >= 4 is 0 Å². The number of hydrogen-bond donors (Lipinski definition) is 1. The lowest BCUT2D eigenvalue weighted by atomic mass is 9.99. The van der Waals surface area contributed by atoms with Crippen LogP contribution in [0.3, 0.4) is 0 Å². The van der Waals surface area contributed by atoms with Crippen molar-refractivity contribution in [2.45, 2.75) is 19.3 Å². The van der Waals surface area contributed by atoms with Crippen LogP contribution >= 0.6 is 0 Å². The molecule has 2 unspecified atom stereocenters. The minimum absolute atomic E-state index is 0.154. The molecule has 4 heteroatoms. The van der Waals surface area contributed by atoms with E-state index in [2.05, 4.69) is 29.6 Å². The normalized spacial score (nSPS) is 20.1. The predicted octanol–water partition coefficient (Wildman–Crippen LogP) is 4.52. The molecule has 2 aromatic rings. The van der Waals surface area contributed by atoms with Crippen molar-refractivity contribution < 1.29 is 13.9 Å². The van der Waals surface area contributed by atoms with Crippen molar-refractivity contribution in [2.24, 2.45) is 5.92 Å². The Balaban J connectivity index is 1.22. The molecule has 0 amide bonds. The van der Waals surface area contributed by atoms with Gasteiger partial charge in [0.1, 0.15) is 30.0 Å². The van der Waals surface area contributed by atoms with E-state index in [-0.39, 0.29) is 11.9 Å². The lowest BCUT2D eigenvalue weighted by molar-refractivity contribution is 0.159. The van der Waals surface area contributed by atoms with E-state index >= 15 is 0 Å². The molecule has 1 heterocycles. The van der Waals surface area contributed by atoms with E-state index in [0.29, 0.717) is 19.1 Å². The number of halogens is 1. The first kappa shape index (κ1) is 17.6. The average molecular weight is 363 g/mol. The monoisotopic (exact) mass is 363 g/mol. The Morgan fingerprint density at radius 2 is 1.81 bits per heavy atom. The summed E-state index contributed by atoms with van der Waals surface area (Å²) in [6, 6.07) is 14.4. The number of hydrogen-bond acceptors (Lipinski definition) is 3. The van der Waals surface area contributed by atoms with Gasteiger partial charge in [0, 0.05) is 12.5 Å². The Kier molecular flexibility index (Phi) is 5.35. The third kappa shape index (κ3) is 4.66. The summed E-state index contributed by atoms with van der Waals surface area (Å²) in [6.07, 6.45) is 10.7. The summed E-state index contributed by atoms with van der Waals surface area (Å²) in [5, 5.41) is 3.41. The Hall–Kier alpha value is -2.85.